The van der Waals surface area contributed by atoms with E-state index in [1.807, 2.05) is 19.9 Å². The molecule has 1 aliphatic heterocycles. The highest BCUT2D eigenvalue weighted by atomic mass is 79.9. The Balaban J connectivity index is 1.78. The van der Waals surface area contributed by atoms with Crippen molar-refractivity contribution < 1.29 is 19.0 Å². The van der Waals surface area contributed by atoms with Crippen molar-refractivity contribution >= 4 is 21.8 Å². The lowest BCUT2D eigenvalue weighted by Crippen LogP contribution is -2.15. The first-order chi connectivity index (χ1) is 13.0. The highest BCUT2D eigenvalue weighted by molar-refractivity contribution is 9.10. The van der Waals surface area contributed by atoms with E-state index in [1.54, 1.807) is 36.4 Å². The van der Waals surface area contributed by atoms with Crippen molar-refractivity contribution in [2.75, 3.05) is 6.79 Å². The van der Waals surface area contributed by atoms with E-state index < -0.39 is 0 Å². The van der Waals surface area contributed by atoms with Crippen LogP contribution in [-0.4, -0.2) is 33.6 Å². The number of halogens is 1. The summed E-state index contributed by atoms with van der Waals surface area (Å²) in [5.74, 6) is 1.32. The second-order valence-corrected chi connectivity index (χ2v) is 7.09. The molecule has 2 heterocycles. The van der Waals surface area contributed by atoms with Crippen LogP contribution in [0.15, 0.2) is 46.9 Å². The van der Waals surface area contributed by atoms with Gasteiger partial charge in [-0.25, -0.2) is 0 Å². The molecule has 3 aromatic rings. The third-order valence-corrected chi connectivity index (χ3v) is 4.37. The molecule has 4 rings (SSSR count). The van der Waals surface area contributed by atoms with Gasteiger partial charge in [-0.2, -0.15) is 9.67 Å². The molecule has 0 radical (unpaired) electrons. The zero-order valence-corrected chi connectivity index (χ0v) is 16.3. The first-order valence-electron chi connectivity index (χ1n) is 8.35. The fourth-order valence-corrected chi connectivity index (χ4v) is 2.90. The van der Waals surface area contributed by atoms with Gasteiger partial charge in [-0.3, -0.25) is 4.79 Å². The average Bonchev–Trinajstić information content (AvgIpc) is 3.27. The van der Waals surface area contributed by atoms with Crippen LogP contribution in [0.25, 0.3) is 11.4 Å². The van der Waals surface area contributed by atoms with Crippen molar-refractivity contribution in [1.29, 1.82) is 0 Å². The zero-order valence-electron chi connectivity index (χ0n) is 14.7. The van der Waals surface area contributed by atoms with Gasteiger partial charge in [0, 0.05) is 15.6 Å². The van der Waals surface area contributed by atoms with E-state index >= 15 is 0 Å². The van der Waals surface area contributed by atoms with Gasteiger partial charge in [0.15, 0.2) is 17.3 Å². The Morgan fingerprint density at radius 1 is 1.15 bits per heavy atom. The molecule has 0 fully saturated rings. The Morgan fingerprint density at radius 3 is 2.63 bits per heavy atom. The number of carbonyl (C=O) groups is 1. The van der Waals surface area contributed by atoms with E-state index in [1.165, 1.54) is 4.68 Å². The summed E-state index contributed by atoms with van der Waals surface area (Å²) in [5.41, 5.74) is 1.16. The second-order valence-electron chi connectivity index (χ2n) is 6.18. The number of ether oxygens (including phenoxy) is 3. The van der Waals surface area contributed by atoms with Crippen LogP contribution in [0, 0.1) is 0 Å². The zero-order chi connectivity index (χ0) is 19.0. The Bertz CT molecular complexity index is 999. The topological polar surface area (TPSA) is 75.5 Å². The largest absolute Gasteiger partial charge is 0.460 e. The summed E-state index contributed by atoms with van der Waals surface area (Å²) in [6.45, 7) is 3.92. The molecular formula is C19H16BrN3O4. The van der Waals surface area contributed by atoms with E-state index in [4.69, 9.17) is 14.2 Å². The molecule has 0 N–H and O–H groups in total. The monoisotopic (exact) mass is 429 g/mol. The molecule has 0 atom stereocenters. The lowest BCUT2D eigenvalue weighted by molar-refractivity contribution is 0.0943. The number of benzene rings is 2. The molecule has 0 saturated heterocycles. The number of nitrogens with zero attached hydrogens (tertiary/aromatic N) is 3. The van der Waals surface area contributed by atoms with Gasteiger partial charge in [0.1, 0.15) is 0 Å². The van der Waals surface area contributed by atoms with E-state index in [0.717, 1.165) is 4.47 Å². The molecular weight excluding hydrogens is 414 g/mol. The molecule has 138 valence electrons. The fourth-order valence-electron chi connectivity index (χ4n) is 2.63. The normalized spacial score (nSPS) is 12.4. The smallest absolute Gasteiger partial charge is 0.336 e. The molecule has 0 amide bonds. The van der Waals surface area contributed by atoms with Gasteiger partial charge in [-0.1, -0.05) is 15.9 Å². The maximum absolute atomic E-state index is 13.0. The van der Waals surface area contributed by atoms with E-state index in [2.05, 4.69) is 26.0 Å². The molecule has 0 spiro atoms. The highest BCUT2D eigenvalue weighted by Gasteiger charge is 2.23. The van der Waals surface area contributed by atoms with Crippen molar-refractivity contribution in [3.05, 3.63) is 52.5 Å². The van der Waals surface area contributed by atoms with Crippen molar-refractivity contribution in [3.63, 3.8) is 0 Å². The predicted octanol–water partition coefficient (Wildman–Crippen LogP) is 3.91. The Hall–Kier alpha value is -2.87. The van der Waals surface area contributed by atoms with Gasteiger partial charge in [-0.05, 0) is 56.3 Å². The van der Waals surface area contributed by atoms with Crippen molar-refractivity contribution in [2.45, 2.75) is 20.0 Å². The molecule has 8 heteroatoms. The van der Waals surface area contributed by atoms with Gasteiger partial charge in [0.2, 0.25) is 6.79 Å². The summed E-state index contributed by atoms with van der Waals surface area (Å²) < 4.78 is 18.5. The number of hydrogen-bond donors (Lipinski definition) is 0. The molecule has 2 aromatic carbocycles. The Morgan fingerprint density at radius 2 is 1.89 bits per heavy atom. The molecule has 0 aliphatic carbocycles. The Labute approximate surface area is 164 Å². The van der Waals surface area contributed by atoms with Crippen molar-refractivity contribution in [1.82, 2.24) is 14.8 Å². The second kappa shape index (κ2) is 7.03. The molecule has 27 heavy (non-hydrogen) atoms. The van der Waals surface area contributed by atoms with Crippen molar-refractivity contribution in [3.8, 4) is 28.9 Å². The number of rotatable bonds is 4. The van der Waals surface area contributed by atoms with Crippen LogP contribution < -0.4 is 14.2 Å². The van der Waals surface area contributed by atoms with Crippen LogP contribution in [-0.2, 0) is 0 Å². The minimum atomic E-state index is -0.304. The minimum Gasteiger partial charge on any atom is -0.460 e. The number of aromatic nitrogens is 3. The molecule has 1 aromatic heterocycles. The molecule has 0 saturated carbocycles. The highest BCUT2D eigenvalue weighted by Crippen LogP contribution is 2.36. The quantitative estimate of drug-likeness (QED) is 0.625. The van der Waals surface area contributed by atoms with Gasteiger partial charge >= 0.3 is 6.01 Å². The number of hydrogen-bond acceptors (Lipinski definition) is 6. The van der Waals surface area contributed by atoms with E-state index in [0.29, 0.717) is 28.5 Å². The number of carbonyl (C=O) groups excluding carboxylic acids is 1. The van der Waals surface area contributed by atoms with Crippen LogP contribution in [0.1, 0.15) is 24.2 Å². The van der Waals surface area contributed by atoms with Crippen LogP contribution in [0.4, 0.5) is 0 Å². The fraction of sp³-hybridized carbons (Fsp3) is 0.211. The first kappa shape index (κ1) is 17.5. The summed E-state index contributed by atoms with van der Waals surface area (Å²) in [7, 11) is 0. The average molecular weight is 430 g/mol. The third-order valence-electron chi connectivity index (χ3n) is 3.84. The van der Waals surface area contributed by atoms with Crippen LogP contribution in [0.3, 0.4) is 0 Å². The van der Waals surface area contributed by atoms with Crippen molar-refractivity contribution in [2.24, 2.45) is 0 Å². The maximum atomic E-state index is 13.0. The summed E-state index contributed by atoms with van der Waals surface area (Å²) in [6, 6.07) is 12.6. The summed E-state index contributed by atoms with van der Waals surface area (Å²) in [5, 5.41) is 4.27. The van der Waals surface area contributed by atoms with E-state index in [9.17, 15) is 4.79 Å². The predicted molar refractivity (Wildman–Crippen MR) is 101 cm³/mol. The molecule has 1 aliphatic rings. The summed E-state index contributed by atoms with van der Waals surface area (Å²) >= 11 is 3.37. The van der Waals surface area contributed by atoms with Gasteiger partial charge < -0.3 is 14.2 Å². The Kier molecular flexibility index (Phi) is 4.57. The van der Waals surface area contributed by atoms with Crippen LogP contribution in [0.2, 0.25) is 0 Å². The summed E-state index contributed by atoms with van der Waals surface area (Å²) in [4.78, 5) is 17.4. The van der Waals surface area contributed by atoms with Crippen LogP contribution in [0.5, 0.6) is 17.5 Å². The molecule has 0 bridgehead atoms. The lowest BCUT2D eigenvalue weighted by Gasteiger charge is -2.06. The standard InChI is InChI=1S/C19H16BrN3O4/c1-11(2)27-19-21-17(13-5-8-15-16(9-13)26-10-25-15)23(22-19)18(24)12-3-6-14(20)7-4-12/h3-9,11H,10H2,1-2H3. The molecule has 0 unspecified atom stereocenters. The number of fused-ring (bicyclic) bond motifs is 1. The van der Waals surface area contributed by atoms with Crippen LogP contribution >= 0.6 is 15.9 Å². The van der Waals surface area contributed by atoms with Gasteiger partial charge in [0.25, 0.3) is 5.91 Å². The maximum Gasteiger partial charge on any atom is 0.336 e. The first-order valence-corrected chi connectivity index (χ1v) is 9.14. The van der Waals surface area contributed by atoms with E-state index in [-0.39, 0.29) is 24.8 Å². The third kappa shape index (κ3) is 3.52. The minimum absolute atomic E-state index is 0.117. The van der Waals surface area contributed by atoms with Gasteiger partial charge in [-0.15, -0.1) is 5.10 Å². The molecule has 7 nitrogen and oxygen atoms in total. The lowest BCUT2D eigenvalue weighted by atomic mass is 10.1. The SMILES string of the molecule is CC(C)Oc1nc(-c2ccc3c(c2)OCO3)n(C(=O)c2ccc(Br)cc2)n1. The van der Waals surface area contributed by atoms with Gasteiger partial charge in [0.05, 0.1) is 6.10 Å². The summed E-state index contributed by atoms with van der Waals surface area (Å²) in [6.07, 6.45) is -0.117.